The molecule has 0 spiro atoms. The third-order valence-electron chi connectivity index (χ3n) is 2.43. The monoisotopic (exact) mass is 254 g/mol. The van der Waals surface area contributed by atoms with Crippen LogP contribution in [0.2, 0.25) is 0 Å². The van der Waals surface area contributed by atoms with Crippen LogP contribution in [0.1, 0.15) is 30.3 Å². The van der Waals surface area contributed by atoms with Crippen molar-refractivity contribution in [2.75, 3.05) is 6.54 Å². The second kappa shape index (κ2) is 6.75. The third kappa shape index (κ3) is 3.85. The number of aromatic nitrogens is 2. The average Bonchev–Trinajstić information content (AvgIpc) is 2.77. The van der Waals surface area contributed by atoms with Gasteiger partial charge in [0.2, 0.25) is 0 Å². The van der Waals surface area contributed by atoms with Crippen LogP contribution in [0, 0.1) is 0 Å². The number of carboxylic acid groups (broad SMARTS) is 1. The topological polar surface area (TPSA) is 110 Å². The van der Waals surface area contributed by atoms with Crippen molar-refractivity contribution in [3.63, 3.8) is 0 Å². The van der Waals surface area contributed by atoms with Crippen LogP contribution in [0.5, 0.6) is 0 Å². The Bertz CT molecular complexity index is 416. The van der Waals surface area contributed by atoms with Crippen LogP contribution in [0.4, 0.5) is 0 Å². The summed E-state index contributed by atoms with van der Waals surface area (Å²) in [5, 5.41) is 11.4. The molecule has 0 aliphatic heterocycles. The van der Waals surface area contributed by atoms with Crippen LogP contribution >= 0.6 is 0 Å². The van der Waals surface area contributed by atoms with Gasteiger partial charge in [-0.15, -0.1) is 0 Å². The summed E-state index contributed by atoms with van der Waals surface area (Å²) in [6.07, 6.45) is 4.12. The Morgan fingerprint density at radius 3 is 2.89 bits per heavy atom. The van der Waals surface area contributed by atoms with Crippen LogP contribution in [0.15, 0.2) is 12.5 Å². The molecule has 0 unspecified atom stereocenters. The fourth-order valence-electron chi connectivity index (χ4n) is 1.53. The van der Waals surface area contributed by atoms with E-state index in [0.29, 0.717) is 25.9 Å². The lowest BCUT2D eigenvalue weighted by Gasteiger charge is -2.12. The van der Waals surface area contributed by atoms with Crippen molar-refractivity contribution >= 4 is 11.9 Å². The normalized spacial score (nSPS) is 12.1. The second-order valence-electron chi connectivity index (χ2n) is 3.94. The number of nitrogens with one attached hydrogen (secondary N) is 1. The van der Waals surface area contributed by atoms with E-state index >= 15 is 0 Å². The number of rotatable bonds is 7. The van der Waals surface area contributed by atoms with Crippen molar-refractivity contribution in [2.24, 2.45) is 5.73 Å². The summed E-state index contributed by atoms with van der Waals surface area (Å²) >= 11 is 0. The Kier molecular flexibility index (Phi) is 5.31. The zero-order chi connectivity index (χ0) is 13.5. The van der Waals surface area contributed by atoms with Gasteiger partial charge in [-0.05, 0) is 6.42 Å². The molecule has 1 heterocycles. The largest absolute Gasteiger partial charge is 0.480 e. The van der Waals surface area contributed by atoms with Gasteiger partial charge in [0.15, 0.2) is 0 Å². The molecule has 18 heavy (non-hydrogen) atoms. The average molecular weight is 254 g/mol. The van der Waals surface area contributed by atoms with Crippen LogP contribution < -0.4 is 11.1 Å². The molecule has 0 aliphatic carbocycles. The van der Waals surface area contributed by atoms with Crippen molar-refractivity contribution in [3.8, 4) is 0 Å². The molecule has 7 nitrogen and oxygen atoms in total. The van der Waals surface area contributed by atoms with E-state index in [1.165, 1.54) is 6.33 Å². The minimum atomic E-state index is -1.04. The maximum Gasteiger partial charge on any atom is 0.326 e. The van der Waals surface area contributed by atoms with Crippen LogP contribution in [0.3, 0.4) is 0 Å². The first-order valence-electron chi connectivity index (χ1n) is 5.84. The van der Waals surface area contributed by atoms with E-state index in [4.69, 9.17) is 10.8 Å². The summed E-state index contributed by atoms with van der Waals surface area (Å²) in [5.74, 6) is -1.52. The molecule has 0 bridgehead atoms. The van der Waals surface area contributed by atoms with Gasteiger partial charge in [-0.2, -0.15) is 0 Å². The molecule has 100 valence electrons. The van der Waals surface area contributed by atoms with Gasteiger partial charge in [-0.1, -0.05) is 13.3 Å². The number of carboxylic acids is 1. The highest BCUT2D eigenvalue weighted by Crippen LogP contribution is 2.01. The predicted molar refractivity (Wildman–Crippen MR) is 65.1 cm³/mol. The van der Waals surface area contributed by atoms with E-state index in [9.17, 15) is 9.59 Å². The number of nitrogens with two attached hydrogens (primary N) is 1. The number of aliphatic carboxylic acids is 1. The van der Waals surface area contributed by atoms with Crippen LogP contribution in [0.25, 0.3) is 0 Å². The van der Waals surface area contributed by atoms with Crippen molar-refractivity contribution < 1.29 is 14.7 Å². The minimum absolute atomic E-state index is 0.200. The summed E-state index contributed by atoms with van der Waals surface area (Å²) in [5.41, 5.74) is 5.58. The highest BCUT2D eigenvalue weighted by molar-refractivity contribution is 5.94. The lowest BCUT2D eigenvalue weighted by Crippen LogP contribution is -2.40. The van der Waals surface area contributed by atoms with E-state index in [1.807, 2.05) is 6.92 Å². The molecule has 0 aliphatic rings. The lowest BCUT2D eigenvalue weighted by molar-refractivity contribution is -0.139. The second-order valence-corrected chi connectivity index (χ2v) is 3.94. The quantitative estimate of drug-likeness (QED) is 0.625. The van der Waals surface area contributed by atoms with Crippen LogP contribution in [-0.4, -0.2) is 39.1 Å². The fourth-order valence-corrected chi connectivity index (χ4v) is 1.53. The zero-order valence-corrected chi connectivity index (χ0v) is 10.3. The number of carbonyl (C=O) groups excluding carboxylic acids is 1. The number of carbonyl (C=O) groups is 2. The molecule has 1 atom stereocenters. The standard InChI is InChI=1S/C11H18N4O3/c1-2-3-8(11(17)18)14-10(16)9-6-15(5-4-12)7-13-9/h6-8H,2-5,12H2,1H3,(H,14,16)(H,17,18)/t8-/m0/s1. The number of nitrogens with zero attached hydrogens (tertiary/aromatic N) is 2. The first-order valence-corrected chi connectivity index (χ1v) is 5.84. The summed E-state index contributed by atoms with van der Waals surface area (Å²) in [6, 6.07) is -0.873. The highest BCUT2D eigenvalue weighted by Gasteiger charge is 2.20. The zero-order valence-electron chi connectivity index (χ0n) is 10.3. The van der Waals surface area contributed by atoms with Crippen LogP contribution in [-0.2, 0) is 11.3 Å². The van der Waals surface area contributed by atoms with Crippen molar-refractivity contribution in [1.82, 2.24) is 14.9 Å². The molecule has 1 aromatic heterocycles. The van der Waals surface area contributed by atoms with Gasteiger partial charge in [-0.3, -0.25) is 4.79 Å². The van der Waals surface area contributed by atoms with E-state index in [-0.39, 0.29) is 5.69 Å². The molecule has 0 saturated carbocycles. The van der Waals surface area contributed by atoms with Gasteiger partial charge in [0.25, 0.3) is 5.91 Å². The number of hydrogen-bond donors (Lipinski definition) is 3. The van der Waals surface area contributed by atoms with E-state index < -0.39 is 17.9 Å². The fraction of sp³-hybridized carbons (Fsp3) is 0.545. The maximum absolute atomic E-state index is 11.8. The first-order chi connectivity index (χ1) is 8.58. The van der Waals surface area contributed by atoms with Crippen molar-refractivity contribution in [3.05, 3.63) is 18.2 Å². The molecule has 1 aromatic rings. The molecule has 0 fully saturated rings. The molecule has 1 rings (SSSR count). The Labute approximate surface area is 105 Å². The molecular weight excluding hydrogens is 236 g/mol. The molecule has 1 amide bonds. The Morgan fingerprint density at radius 1 is 1.61 bits per heavy atom. The Balaban J connectivity index is 2.64. The van der Waals surface area contributed by atoms with Crippen molar-refractivity contribution in [1.29, 1.82) is 0 Å². The third-order valence-corrected chi connectivity index (χ3v) is 2.43. The Hall–Kier alpha value is -1.89. The summed E-state index contributed by atoms with van der Waals surface area (Å²) < 4.78 is 1.69. The molecule has 0 radical (unpaired) electrons. The lowest BCUT2D eigenvalue weighted by atomic mass is 10.1. The SMILES string of the molecule is CCC[C@H](NC(=O)c1cn(CCN)cn1)C(=O)O. The summed E-state index contributed by atoms with van der Waals surface area (Å²) in [6.45, 7) is 2.88. The smallest absolute Gasteiger partial charge is 0.326 e. The van der Waals surface area contributed by atoms with Gasteiger partial charge >= 0.3 is 5.97 Å². The van der Waals surface area contributed by atoms with Gasteiger partial charge in [0.1, 0.15) is 11.7 Å². The molecular formula is C11H18N4O3. The van der Waals surface area contributed by atoms with Gasteiger partial charge in [0.05, 0.1) is 6.33 Å². The molecule has 0 saturated heterocycles. The molecule has 4 N–H and O–H groups in total. The van der Waals surface area contributed by atoms with Gasteiger partial charge < -0.3 is 20.7 Å². The Morgan fingerprint density at radius 2 is 2.33 bits per heavy atom. The maximum atomic E-state index is 11.8. The number of amides is 1. The summed E-state index contributed by atoms with van der Waals surface area (Å²) in [4.78, 5) is 26.6. The first kappa shape index (κ1) is 14.2. The molecule has 7 heteroatoms. The summed E-state index contributed by atoms with van der Waals surface area (Å²) in [7, 11) is 0. The van der Waals surface area contributed by atoms with E-state index in [2.05, 4.69) is 10.3 Å². The van der Waals surface area contributed by atoms with E-state index in [0.717, 1.165) is 0 Å². The van der Waals surface area contributed by atoms with Gasteiger partial charge in [0, 0.05) is 19.3 Å². The number of imidazole rings is 1. The van der Waals surface area contributed by atoms with E-state index in [1.54, 1.807) is 10.8 Å². The number of hydrogen-bond acceptors (Lipinski definition) is 4. The van der Waals surface area contributed by atoms with Gasteiger partial charge in [-0.25, -0.2) is 9.78 Å². The molecule has 0 aromatic carbocycles. The minimum Gasteiger partial charge on any atom is -0.480 e. The predicted octanol–water partition coefficient (Wildman–Crippen LogP) is -0.175. The highest BCUT2D eigenvalue weighted by atomic mass is 16.4. The van der Waals surface area contributed by atoms with Crippen molar-refractivity contribution in [2.45, 2.75) is 32.4 Å².